The van der Waals surface area contributed by atoms with Gasteiger partial charge >= 0.3 is 6.03 Å². The van der Waals surface area contributed by atoms with Gasteiger partial charge in [0.05, 0.1) is 37.8 Å². The molecule has 21 nitrogen and oxygen atoms in total. The van der Waals surface area contributed by atoms with Crippen molar-refractivity contribution in [2.24, 2.45) is 17.6 Å². The zero-order valence-corrected chi connectivity index (χ0v) is 32.9. The van der Waals surface area contributed by atoms with Crippen molar-refractivity contribution in [3.63, 3.8) is 0 Å². The van der Waals surface area contributed by atoms with Gasteiger partial charge in [0.2, 0.25) is 47.3 Å². The number of hydroxylamine groups is 1. The summed E-state index contributed by atoms with van der Waals surface area (Å²) < 4.78 is 0. The van der Waals surface area contributed by atoms with Crippen molar-refractivity contribution in [2.45, 2.75) is 114 Å². The van der Waals surface area contributed by atoms with E-state index in [0.717, 1.165) is 25.0 Å². The lowest BCUT2D eigenvalue weighted by molar-refractivity contribution is -0.137. The third-order valence-electron chi connectivity index (χ3n) is 9.06. The zero-order chi connectivity index (χ0) is 41.8. The maximum atomic E-state index is 12.8. The highest BCUT2D eigenvalue weighted by Gasteiger charge is 2.42. The number of rotatable bonds is 26. The molecule has 2 heterocycles. The highest BCUT2D eigenvalue weighted by molar-refractivity contribution is 8.00. The SMILES string of the molecule is CC(C)CC(CC(=O)NO)C(=O)N[C@H](C(=O)NCC(=O)NCC(=O)NCC(=O)N[C@@H](CCCCNC(=O)CCCC[C@@H]1SC[C@@H]2NC(=O)N[C@@H]21)C(N)=O)[C@@H](C)O. The average Bonchev–Trinajstić information content (AvgIpc) is 3.70. The first-order valence-electron chi connectivity index (χ1n) is 18.8. The molecule has 13 N–H and O–H groups in total. The van der Waals surface area contributed by atoms with Gasteiger partial charge in [0.15, 0.2) is 0 Å². The number of amides is 10. The molecule has 22 heteroatoms. The lowest BCUT2D eigenvalue weighted by Gasteiger charge is -2.24. The molecule has 2 rings (SSSR count). The van der Waals surface area contributed by atoms with Gasteiger partial charge in [-0.05, 0) is 51.4 Å². The fourth-order valence-corrected chi connectivity index (χ4v) is 7.70. The van der Waals surface area contributed by atoms with Crippen molar-refractivity contribution in [1.29, 1.82) is 0 Å². The Morgan fingerprint density at radius 1 is 0.804 bits per heavy atom. The highest BCUT2D eigenvalue weighted by atomic mass is 32.2. The van der Waals surface area contributed by atoms with Crippen molar-refractivity contribution >= 4 is 65.1 Å². The van der Waals surface area contributed by atoms with E-state index in [1.165, 1.54) is 12.4 Å². The summed E-state index contributed by atoms with van der Waals surface area (Å²) in [5.41, 5.74) is 6.88. The van der Waals surface area contributed by atoms with Crippen molar-refractivity contribution in [1.82, 2.24) is 48.0 Å². The van der Waals surface area contributed by atoms with Gasteiger partial charge in [0.25, 0.3) is 0 Å². The van der Waals surface area contributed by atoms with Gasteiger partial charge in [0, 0.05) is 36.3 Å². The van der Waals surface area contributed by atoms with E-state index in [-0.39, 0.29) is 49.2 Å². The van der Waals surface area contributed by atoms with Gasteiger partial charge in [-0.1, -0.05) is 20.3 Å². The van der Waals surface area contributed by atoms with Crippen LogP contribution in [0.2, 0.25) is 0 Å². The quantitative estimate of drug-likeness (QED) is 0.0177. The Hall–Kier alpha value is -4.70. The smallest absolute Gasteiger partial charge is 0.315 e. The molecule has 0 saturated carbocycles. The molecular formula is C34H58N10O11S. The van der Waals surface area contributed by atoms with Crippen molar-refractivity contribution in [2.75, 3.05) is 31.9 Å². The van der Waals surface area contributed by atoms with Crippen molar-refractivity contribution < 1.29 is 53.5 Å². The van der Waals surface area contributed by atoms with E-state index >= 15 is 0 Å². The van der Waals surface area contributed by atoms with E-state index in [4.69, 9.17) is 10.9 Å². The predicted molar refractivity (Wildman–Crippen MR) is 202 cm³/mol. The Labute approximate surface area is 329 Å². The minimum atomic E-state index is -1.48. The van der Waals surface area contributed by atoms with Crippen molar-refractivity contribution in [3.05, 3.63) is 0 Å². The Balaban J connectivity index is 1.60. The monoisotopic (exact) mass is 814 g/mol. The van der Waals surface area contributed by atoms with Gasteiger partial charge in [0.1, 0.15) is 12.1 Å². The van der Waals surface area contributed by atoms with Crippen LogP contribution in [0.4, 0.5) is 4.79 Å². The molecule has 0 spiro atoms. The van der Waals surface area contributed by atoms with Crippen molar-refractivity contribution in [3.8, 4) is 0 Å². The molecule has 0 radical (unpaired) electrons. The van der Waals surface area contributed by atoms with Gasteiger partial charge in [-0.25, -0.2) is 10.3 Å². The Morgan fingerprint density at radius 2 is 1.46 bits per heavy atom. The molecule has 2 aliphatic heterocycles. The number of carbonyl (C=O) groups is 9. The first kappa shape index (κ1) is 47.5. The topological polar surface area (TPSA) is 328 Å². The molecule has 1 unspecified atom stereocenters. The number of carbonyl (C=O) groups excluding carboxylic acids is 9. The molecule has 2 aliphatic rings. The first-order valence-corrected chi connectivity index (χ1v) is 19.8. The third-order valence-corrected chi connectivity index (χ3v) is 10.6. The molecule has 10 amide bonds. The molecule has 316 valence electrons. The highest BCUT2D eigenvalue weighted by Crippen LogP contribution is 2.33. The van der Waals surface area contributed by atoms with E-state index in [0.29, 0.717) is 31.1 Å². The number of thioether (sulfide) groups is 1. The normalized spacial score (nSPS) is 19.2. The number of urea groups is 1. The molecule has 0 aromatic heterocycles. The van der Waals surface area contributed by atoms with Crippen LogP contribution in [-0.2, 0) is 38.4 Å². The van der Waals surface area contributed by atoms with Gasteiger partial charge in [-0.3, -0.25) is 43.6 Å². The van der Waals surface area contributed by atoms with E-state index < -0.39 is 85.1 Å². The summed E-state index contributed by atoms with van der Waals surface area (Å²) in [5.74, 6) is -5.58. The number of unbranched alkanes of at least 4 members (excludes halogenated alkanes) is 2. The van der Waals surface area contributed by atoms with Crippen LogP contribution in [-0.4, -0.2) is 131 Å². The summed E-state index contributed by atoms with van der Waals surface area (Å²) in [6.07, 6.45) is 2.61. The first-order chi connectivity index (χ1) is 26.5. The van der Waals surface area contributed by atoms with E-state index in [9.17, 15) is 48.3 Å². The number of aliphatic hydroxyl groups excluding tert-OH is 1. The second-order valence-corrected chi connectivity index (χ2v) is 15.6. The molecule has 0 aromatic rings. The number of hydrogen-bond donors (Lipinski definition) is 12. The summed E-state index contributed by atoms with van der Waals surface area (Å²) in [6.45, 7) is 3.53. The van der Waals surface area contributed by atoms with E-state index in [1.807, 2.05) is 25.6 Å². The minimum absolute atomic E-state index is 0.0119. The van der Waals surface area contributed by atoms with Crippen LogP contribution < -0.4 is 53.7 Å². The maximum Gasteiger partial charge on any atom is 0.315 e. The van der Waals surface area contributed by atoms with Crippen LogP contribution in [0.15, 0.2) is 0 Å². The van der Waals surface area contributed by atoms with Gasteiger partial charge < -0.3 is 53.4 Å². The summed E-state index contributed by atoms with van der Waals surface area (Å²) in [7, 11) is 0. The van der Waals surface area contributed by atoms with Crippen LogP contribution in [0, 0.1) is 11.8 Å². The Morgan fingerprint density at radius 3 is 2.09 bits per heavy atom. The summed E-state index contributed by atoms with van der Waals surface area (Å²) in [4.78, 5) is 110. The molecule has 56 heavy (non-hydrogen) atoms. The molecule has 7 atom stereocenters. The summed E-state index contributed by atoms with van der Waals surface area (Å²) in [6, 6.07) is -2.30. The Kier molecular flexibility index (Phi) is 21.0. The van der Waals surface area contributed by atoms with Crippen LogP contribution in [0.1, 0.15) is 78.6 Å². The van der Waals surface area contributed by atoms with Crippen LogP contribution in [0.3, 0.4) is 0 Å². The van der Waals surface area contributed by atoms with E-state index in [2.05, 4.69) is 42.5 Å². The lowest BCUT2D eigenvalue weighted by Crippen LogP contribution is -2.55. The fourth-order valence-electron chi connectivity index (χ4n) is 6.15. The molecule has 0 bridgehead atoms. The number of primary amides is 1. The molecule has 2 saturated heterocycles. The molecule has 2 fully saturated rings. The number of fused-ring (bicyclic) bond motifs is 1. The Bertz CT molecular complexity index is 1400. The van der Waals surface area contributed by atoms with Crippen LogP contribution in [0.5, 0.6) is 0 Å². The maximum absolute atomic E-state index is 12.8. The zero-order valence-electron chi connectivity index (χ0n) is 32.1. The number of nitrogens with one attached hydrogen (secondary N) is 9. The van der Waals surface area contributed by atoms with Crippen LogP contribution >= 0.6 is 11.8 Å². The predicted octanol–water partition coefficient (Wildman–Crippen LogP) is -3.26. The molecule has 0 aliphatic carbocycles. The minimum Gasteiger partial charge on any atom is -0.391 e. The fraction of sp³-hybridized carbons (Fsp3) is 0.735. The summed E-state index contributed by atoms with van der Waals surface area (Å²) >= 11 is 1.83. The number of hydrogen-bond acceptors (Lipinski definition) is 12. The second-order valence-electron chi connectivity index (χ2n) is 14.3. The third kappa shape index (κ3) is 17.8. The molecular weight excluding hydrogens is 756 g/mol. The number of nitrogens with two attached hydrogens (primary N) is 1. The van der Waals surface area contributed by atoms with Crippen LogP contribution in [0.25, 0.3) is 0 Å². The summed E-state index contributed by atoms with van der Waals surface area (Å²) in [5, 5.41) is 39.5. The standard InChI is InChI=1S/C34H58N10O11S/c1-18(2)12-20(13-25(47)44-55)32(52)42-29(19(3)45)33(53)39-15-27(49)37-14-26(48)38-16-28(50)40-21(31(35)51)8-6-7-11-36-24(46)10-5-4-9-23-30-22(17-56-23)41-34(54)43-30/h18-23,29-30,45,55H,4-17H2,1-3H3,(H2,35,51)(H,36,46)(H,37,49)(H,38,48)(H,39,53)(H,40,50)(H,42,52)(H,44,47)(H2,41,43,54)/t19-,20?,21+,22+,23+,29+,30+/m1/s1. The largest absolute Gasteiger partial charge is 0.391 e. The van der Waals surface area contributed by atoms with Gasteiger partial charge in [-0.2, -0.15) is 11.8 Å². The number of aliphatic hydroxyl groups is 1. The van der Waals surface area contributed by atoms with E-state index in [1.54, 1.807) is 0 Å². The van der Waals surface area contributed by atoms with Gasteiger partial charge in [-0.15, -0.1) is 0 Å². The molecule has 0 aromatic carbocycles. The second kappa shape index (κ2) is 24.7. The lowest BCUT2D eigenvalue weighted by atomic mass is 9.92. The average molecular weight is 815 g/mol.